The summed E-state index contributed by atoms with van der Waals surface area (Å²) in [5.74, 6) is 0. The molecule has 2 rings (SSSR count). The molecule has 0 amide bonds. The molecule has 0 aliphatic rings. The Morgan fingerprint density at radius 2 is 1.44 bits per heavy atom. The van der Waals surface area contributed by atoms with E-state index in [9.17, 15) is 18.3 Å². The van der Waals surface area contributed by atoms with Gasteiger partial charge >= 0.3 is 6.18 Å². The smallest absolute Gasteiger partial charge is 0.378 e. The second-order valence-corrected chi connectivity index (χ2v) is 8.18. The highest BCUT2D eigenvalue weighted by atomic mass is 19.4. The molecule has 1 N–H and O–H groups in total. The van der Waals surface area contributed by atoms with Crippen LogP contribution in [0.2, 0.25) is 0 Å². The fraction of sp³-hybridized carbons (Fsp3) is 0.455. The molecule has 148 valence electrons. The van der Waals surface area contributed by atoms with Gasteiger partial charge in [-0.2, -0.15) is 13.2 Å². The first-order valence-corrected chi connectivity index (χ1v) is 8.79. The Morgan fingerprint density at radius 1 is 0.926 bits per heavy atom. The maximum atomic E-state index is 13.4. The second kappa shape index (κ2) is 6.64. The van der Waals surface area contributed by atoms with E-state index in [4.69, 9.17) is 4.74 Å². The van der Waals surface area contributed by atoms with Crippen molar-refractivity contribution < 1.29 is 23.0 Å². The molecular weight excluding hydrogens is 353 g/mol. The van der Waals surface area contributed by atoms with Crippen molar-refractivity contribution in [1.29, 1.82) is 0 Å². The van der Waals surface area contributed by atoms with Gasteiger partial charge in [0.1, 0.15) is 5.60 Å². The Hall–Kier alpha value is -1.85. The average Bonchev–Trinajstić information content (AvgIpc) is 2.51. The molecule has 1 unspecified atom stereocenters. The van der Waals surface area contributed by atoms with Gasteiger partial charge in [-0.3, -0.25) is 0 Å². The Labute approximate surface area is 158 Å². The van der Waals surface area contributed by atoms with Crippen molar-refractivity contribution in [1.82, 2.24) is 0 Å². The molecule has 0 aliphatic carbocycles. The van der Waals surface area contributed by atoms with Gasteiger partial charge in [-0.05, 0) is 63.4 Å². The SMILES string of the molecule is C=C(C)c1ccc(C(C)(C)OC(C)(C)C(C)(O)C(F)(F)F)c2ccccc12. The van der Waals surface area contributed by atoms with E-state index in [0.717, 1.165) is 34.4 Å². The second-order valence-electron chi connectivity index (χ2n) is 8.18. The van der Waals surface area contributed by atoms with Crippen molar-refractivity contribution in [2.45, 2.75) is 64.5 Å². The maximum Gasteiger partial charge on any atom is 0.419 e. The number of allylic oxidation sites excluding steroid dienone is 1. The molecular formula is C22H27F3O2. The van der Waals surface area contributed by atoms with E-state index in [1.165, 1.54) is 13.8 Å². The molecule has 0 saturated heterocycles. The van der Waals surface area contributed by atoms with E-state index in [2.05, 4.69) is 6.58 Å². The van der Waals surface area contributed by atoms with E-state index in [0.29, 0.717) is 0 Å². The quantitative estimate of drug-likeness (QED) is 0.667. The van der Waals surface area contributed by atoms with Crippen LogP contribution < -0.4 is 0 Å². The first-order chi connectivity index (χ1) is 12.1. The Morgan fingerprint density at radius 3 is 1.93 bits per heavy atom. The molecule has 0 aromatic heterocycles. The van der Waals surface area contributed by atoms with Crippen LogP contribution in [0.1, 0.15) is 52.7 Å². The molecule has 0 radical (unpaired) electrons. The number of hydrogen-bond acceptors (Lipinski definition) is 2. The highest BCUT2D eigenvalue weighted by Crippen LogP contribution is 2.45. The molecule has 2 aromatic carbocycles. The van der Waals surface area contributed by atoms with Crippen LogP contribution in [-0.4, -0.2) is 22.5 Å². The van der Waals surface area contributed by atoms with Gasteiger partial charge in [-0.25, -0.2) is 0 Å². The lowest BCUT2D eigenvalue weighted by Crippen LogP contribution is -2.61. The average molecular weight is 380 g/mol. The van der Waals surface area contributed by atoms with Gasteiger partial charge < -0.3 is 9.84 Å². The molecule has 27 heavy (non-hydrogen) atoms. The normalized spacial score (nSPS) is 15.6. The van der Waals surface area contributed by atoms with Crippen LogP contribution in [0.4, 0.5) is 13.2 Å². The van der Waals surface area contributed by atoms with Crippen molar-refractivity contribution in [2.24, 2.45) is 0 Å². The monoisotopic (exact) mass is 380 g/mol. The number of ether oxygens (including phenoxy) is 1. The number of hydrogen-bond donors (Lipinski definition) is 1. The first-order valence-electron chi connectivity index (χ1n) is 8.79. The van der Waals surface area contributed by atoms with Gasteiger partial charge in [0.15, 0.2) is 5.60 Å². The van der Waals surface area contributed by atoms with Crippen molar-refractivity contribution in [2.75, 3.05) is 0 Å². The third-order valence-corrected chi connectivity index (χ3v) is 5.27. The summed E-state index contributed by atoms with van der Waals surface area (Å²) in [7, 11) is 0. The van der Waals surface area contributed by atoms with Crippen LogP contribution in [0.3, 0.4) is 0 Å². The summed E-state index contributed by atoms with van der Waals surface area (Å²) < 4.78 is 46.0. The minimum absolute atomic E-state index is 0.741. The number of benzene rings is 2. The molecule has 2 nitrogen and oxygen atoms in total. The van der Waals surface area contributed by atoms with E-state index in [1.54, 1.807) is 13.8 Å². The highest BCUT2D eigenvalue weighted by molar-refractivity contribution is 5.95. The molecule has 5 heteroatoms. The predicted octanol–water partition coefficient (Wildman–Crippen LogP) is 6.22. The van der Waals surface area contributed by atoms with Gasteiger partial charge in [0.05, 0.1) is 5.60 Å². The number of rotatable bonds is 5. The van der Waals surface area contributed by atoms with Crippen molar-refractivity contribution in [3.63, 3.8) is 0 Å². The molecule has 0 saturated carbocycles. The summed E-state index contributed by atoms with van der Waals surface area (Å²) >= 11 is 0. The van der Waals surface area contributed by atoms with Gasteiger partial charge in [0.25, 0.3) is 0 Å². The zero-order valence-corrected chi connectivity index (χ0v) is 16.7. The Kier molecular flexibility index (Phi) is 5.28. The molecule has 0 fully saturated rings. The van der Waals surface area contributed by atoms with E-state index < -0.39 is 23.0 Å². The highest BCUT2D eigenvalue weighted by Gasteiger charge is 2.61. The minimum Gasteiger partial charge on any atom is -0.378 e. The summed E-state index contributed by atoms with van der Waals surface area (Å²) in [6, 6.07) is 11.4. The largest absolute Gasteiger partial charge is 0.419 e. The third kappa shape index (κ3) is 3.76. The number of fused-ring (bicyclic) bond motifs is 1. The fourth-order valence-electron chi connectivity index (χ4n) is 3.33. The van der Waals surface area contributed by atoms with Crippen LogP contribution in [0, 0.1) is 0 Å². The van der Waals surface area contributed by atoms with Crippen LogP contribution in [-0.2, 0) is 10.3 Å². The minimum atomic E-state index is -4.82. The lowest BCUT2D eigenvalue weighted by Gasteiger charge is -2.45. The lowest BCUT2D eigenvalue weighted by atomic mass is 9.84. The van der Waals surface area contributed by atoms with Crippen molar-refractivity contribution in [3.8, 4) is 0 Å². The standard InChI is InChI=1S/C22H27F3O2/c1-14(2)15-12-13-18(17-11-9-8-10-16(15)17)19(3,4)27-20(5,6)21(7,26)22(23,24)25/h8-13,26H,1H2,2-7H3. The van der Waals surface area contributed by atoms with Crippen molar-refractivity contribution >= 4 is 16.3 Å². The molecule has 0 heterocycles. The molecule has 1 atom stereocenters. The number of aliphatic hydroxyl groups is 1. The zero-order chi connectivity index (χ0) is 20.8. The summed E-state index contributed by atoms with van der Waals surface area (Å²) in [4.78, 5) is 0. The predicted molar refractivity (Wildman–Crippen MR) is 104 cm³/mol. The van der Waals surface area contributed by atoms with Crippen LogP contribution in [0.5, 0.6) is 0 Å². The zero-order valence-electron chi connectivity index (χ0n) is 16.7. The fourth-order valence-corrected chi connectivity index (χ4v) is 3.33. The Balaban J connectivity index is 2.58. The van der Waals surface area contributed by atoms with Crippen molar-refractivity contribution in [3.05, 3.63) is 54.1 Å². The van der Waals surface area contributed by atoms with Crippen LogP contribution in [0.15, 0.2) is 43.0 Å². The number of halogens is 3. The number of alkyl halides is 3. The maximum absolute atomic E-state index is 13.4. The van der Waals surface area contributed by atoms with Gasteiger partial charge in [0.2, 0.25) is 0 Å². The van der Waals surface area contributed by atoms with Gasteiger partial charge in [-0.15, -0.1) is 0 Å². The summed E-state index contributed by atoms with van der Waals surface area (Å²) in [5.41, 5.74) is -3.34. The molecule has 2 aromatic rings. The van der Waals surface area contributed by atoms with Gasteiger partial charge in [-0.1, -0.05) is 48.6 Å². The van der Waals surface area contributed by atoms with E-state index >= 15 is 0 Å². The lowest BCUT2D eigenvalue weighted by molar-refractivity contribution is -0.328. The topological polar surface area (TPSA) is 29.5 Å². The van der Waals surface area contributed by atoms with E-state index in [-0.39, 0.29) is 0 Å². The summed E-state index contributed by atoms with van der Waals surface area (Å²) in [6.45, 7) is 12.6. The Bertz CT molecular complexity index is 861. The first kappa shape index (κ1) is 21.5. The van der Waals surface area contributed by atoms with Gasteiger partial charge in [0, 0.05) is 0 Å². The molecule has 0 bridgehead atoms. The molecule has 0 spiro atoms. The summed E-state index contributed by atoms with van der Waals surface area (Å²) in [5, 5.41) is 12.0. The van der Waals surface area contributed by atoms with E-state index in [1.807, 2.05) is 43.3 Å². The summed E-state index contributed by atoms with van der Waals surface area (Å²) in [6.07, 6.45) is -4.82. The third-order valence-electron chi connectivity index (χ3n) is 5.27. The van der Waals surface area contributed by atoms with Crippen LogP contribution in [0.25, 0.3) is 16.3 Å². The van der Waals surface area contributed by atoms with Crippen LogP contribution >= 0.6 is 0 Å². The molecule has 0 aliphatic heterocycles.